The number of hydrogen-bond acceptors (Lipinski definition) is 6. The second kappa shape index (κ2) is 10.8. The molecule has 1 saturated heterocycles. The van der Waals surface area contributed by atoms with Gasteiger partial charge in [0.15, 0.2) is 0 Å². The smallest absolute Gasteiger partial charge is 0.312 e. The third-order valence-electron chi connectivity index (χ3n) is 7.12. The van der Waals surface area contributed by atoms with Crippen molar-refractivity contribution in [1.29, 1.82) is 0 Å². The van der Waals surface area contributed by atoms with Gasteiger partial charge in [-0.25, -0.2) is 4.68 Å². The summed E-state index contributed by atoms with van der Waals surface area (Å²) in [6.07, 6.45) is 4.81. The number of nitrogens with zero attached hydrogens (tertiary/aromatic N) is 5. The molecule has 2 aromatic heterocycles. The molecule has 0 radical (unpaired) electrons. The van der Waals surface area contributed by atoms with Crippen LogP contribution in [0.25, 0.3) is 16.6 Å². The molecular formula is C30H35N5O3. The Kier molecular flexibility index (Phi) is 7.33. The molecule has 8 heteroatoms. The van der Waals surface area contributed by atoms with Gasteiger partial charge in [0.05, 0.1) is 22.3 Å². The van der Waals surface area contributed by atoms with Gasteiger partial charge in [0, 0.05) is 50.5 Å². The van der Waals surface area contributed by atoms with Crippen molar-refractivity contribution in [3.8, 4) is 11.4 Å². The Morgan fingerprint density at radius 1 is 1.05 bits per heavy atom. The minimum atomic E-state index is -0.998. The van der Waals surface area contributed by atoms with Crippen molar-refractivity contribution in [3.05, 3.63) is 78.2 Å². The fraction of sp³-hybridized carbons (Fsp3) is 0.367. The predicted octanol–water partition coefficient (Wildman–Crippen LogP) is 4.93. The highest BCUT2D eigenvalue weighted by atomic mass is 16.5. The molecule has 0 saturated carbocycles. The van der Waals surface area contributed by atoms with Crippen LogP contribution < -0.4 is 9.64 Å². The van der Waals surface area contributed by atoms with E-state index in [0.29, 0.717) is 0 Å². The first-order chi connectivity index (χ1) is 18.3. The Balaban J connectivity index is 1.36. The van der Waals surface area contributed by atoms with E-state index in [1.54, 1.807) is 20.0 Å². The summed E-state index contributed by atoms with van der Waals surface area (Å²) in [4.78, 5) is 21.2. The Bertz CT molecular complexity index is 1420. The Morgan fingerprint density at radius 3 is 2.66 bits per heavy atom. The quantitative estimate of drug-likeness (QED) is 0.358. The zero-order valence-corrected chi connectivity index (χ0v) is 22.3. The molecule has 1 N–H and O–H groups in total. The summed E-state index contributed by atoms with van der Waals surface area (Å²) in [5, 5.41) is 15.5. The van der Waals surface area contributed by atoms with Crippen molar-refractivity contribution in [2.75, 3.05) is 37.7 Å². The number of aryl methyl sites for hydroxylation is 1. The lowest BCUT2D eigenvalue weighted by molar-refractivity contribution is -0.148. The molecule has 38 heavy (non-hydrogen) atoms. The van der Waals surface area contributed by atoms with E-state index in [4.69, 9.17) is 14.8 Å². The van der Waals surface area contributed by atoms with Gasteiger partial charge in [0.25, 0.3) is 0 Å². The number of carboxylic acid groups (broad SMARTS) is 1. The van der Waals surface area contributed by atoms with Crippen molar-refractivity contribution in [1.82, 2.24) is 19.7 Å². The normalized spacial score (nSPS) is 15.0. The van der Waals surface area contributed by atoms with Crippen molar-refractivity contribution >= 4 is 22.6 Å². The van der Waals surface area contributed by atoms with Gasteiger partial charge >= 0.3 is 5.97 Å². The van der Waals surface area contributed by atoms with Crippen LogP contribution in [0.2, 0.25) is 0 Å². The Morgan fingerprint density at radius 2 is 1.87 bits per heavy atom. The minimum absolute atomic E-state index is 0.0819. The van der Waals surface area contributed by atoms with Crippen LogP contribution in [-0.4, -0.2) is 63.5 Å². The van der Waals surface area contributed by atoms with Crippen molar-refractivity contribution in [3.63, 3.8) is 0 Å². The van der Waals surface area contributed by atoms with Crippen LogP contribution in [-0.2, 0) is 11.3 Å². The van der Waals surface area contributed by atoms with Crippen molar-refractivity contribution in [2.24, 2.45) is 5.41 Å². The number of benzene rings is 2. The molecule has 8 nitrogen and oxygen atoms in total. The lowest BCUT2D eigenvalue weighted by Crippen LogP contribution is -2.33. The Labute approximate surface area is 223 Å². The fourth-order valence-electron chi connectivity index (χ4n) is 4.87. The first-order valence-corrected chi connectivity index (χ1v) is 13.1. The SMILES string of the molecule is Cc1cc2cccnc2c(N2CCCN(Cc3ccn(-c4ccccc4)n3)CC2)c1OCC(C)(C)C(=O)O. The van der Waals surface area contributed by atoms with E-state index in [0.717, 1.165) is 78.4 Å². The zero-order chi connectivity index (χ0) is 26.7. The topological polar surface area (TPSA) is 83.7 Å². The number of anilines is 1. The predicted molar refractivity (Wildman–Crippen MR) is 149 cm³/mol. The lowest BCUT2D eigenvalue weighted by Gasteiger charge is -2.29. The molecule has 4 aromatic rings. The van der Waals surface area contributed by atoms with Crippen LogP contribution >= 0.6 is 0 Å². The number of carbonyl (C=O) groups is 1. The van der Waals surface area contributed by atoms with E-state index in [1.165, 1.54) is 0 Å². The molecule has 0 amide bonds. The third-order valence-corrected chi connectivity index (χ3v) is 7.12. The molecule has 0 atom stereocenters. The highest BCUT2D eigenvalue weighted by molar-refractivity contribution is 5.95. The molecule has 0 spiro atoms. The standard InChI is InChI=1S/C30H35N5O3/c1-22-19-23-9-7-13-31-26(23)27(28(22)38-21-30(2,3)29(36)37)34-15-8-14-33(17-18-34)20-24-12-16-35(32-24)25-10-5-4-6-11-25/h4-7,9-13,16,19H,8,14-15,17-18,20-21H2,1-3H3,(H,36,37). The van der Waals surface area contributed by atoms with Crippen LogP contribution in [0.5, 0.6) is 5.75 Å². The number of ether oxygens (including phenoxy) is 1. The summed E-state index contributed by atoms with van der Waals surface area (Å²) in [6.45, 7) is 9.78. The number of pyridine rings is 1. The molecular weight excluding hydrogens is 478 g/mol. The first-order valence-electron chi connectivity index (χ1n) is 13.1. The number of rotatable bonds is 8. The van der Waals surface area contributed by atoms with Gasteiger partial charge in [-0.15, -0.1) is 0 Å². The summed E-state index contributed by atoms with van der Waals surface area (Å²) in [5.41, 5.74) is 3.92. The Hall–Kier alpha value is -3.91. The number of fused-ring (bicyclic) bond motifs is 1. The fourth-order valence-corrected chi connectivity index (χ4v) is 4.87. The molecule has 1 aliphatic heterocycles. The summed E-state index contributed by atoms with van der Waals surface area (Å²) in [6, 6.07) is 18.3. The van der Waals surface area contributed by atoms with Crippen LogP contribution in [0.1, 0.15) is 31.5 Å². The van der Waals surface area contributed by atoms with Crippen LogP contribution in [0.15, 0.2) is 67.0 Å². The van der Waals surface area contributed by atoms with E-state index in [-0.39, 0.29) is 6.61 Å². The van der Waals surface area contributed by atoms with Crippen LogP contribution in [0, 0.1) is 12.3 Å². The molecule has 0 aliphatic carbocycles. The number of para-hydroxylation sites is 1. The van der Waals surface area contributed by atoms with Gasteiger partial charge in [-0.05, 0) is 63.1 Å². The monoisotopic (exact) mass is 513 g/mol. The van der Waals surface area contributed by atoms with Crippen molar-refractivity contribution in [2.45, 2.75) is 33.7 Å². The van der Waals surface area contributed by atoms with E-state index in [2.05, 4.69) is 40.1 Å². The lowest BCUT2D eigenvalue weighted by atomic mass is 9.95. The van der Waals surface area contributed by atoms with Gasteiger partial charge in [-0.2, -0.15) is 5.10 Å². The van der Waals surface area contributed by atoms with Gasteiger partial charge < -0.3 is 14.7 Å². The first kappa shape index (κ1) is 25.7. The summed E-state index contributed by atoms with van der Waals surface area (Å²) >= 11 is 0. The number of aliphatic carboxylic acids is 1. The second-order valence-corrected chi connectivity index (χ2v) is 10.6. The summed E-state index contributed by atoms with van der Waals surface area (Å²) in [5.74, 6) is -0.156. The van der Waals surface area contributed by atoms with Gasteiger partial charge in [-0.3, -0.25) is 14.7 Å². The van der Waals surface area contributed by atoms with Crippen molar-refractivity contribution < 1.29 is 14.6 Å². The maximum Gasteiger partial charge on any atom is 0.312 e. The van der Waals surface area contributed by atoms with E-state index < -0.39 is 11.4 Å². The maximum atomic E-state index is 11.7. The largest absolute Gasteiger partial charge is 0.490 e. The molecule has 2 aromatic carbocycles. The van der Waals surface area contributed by atoms with Gasteiger partial charge in [-0.1, -0.05) is 24.3 Å². The summed E-state index contributed by atoms with van der Waals surface area (Å²) in [7, 11) is 0. The average Bonchev–Trinajstić information content (AvgIpc) is 3.26. The molecule has 0 unspecified atom stereocenters. The van der Waals surface area contributed by atoms with Crippen LogP contribution in [0.3, 0.4) is 0 Å². The number of hydrogen-bond donors (Lipinski definition) is 1. The van der Waals surface area contributed by atoms with Gasteiger partial charge in [0.1, 0.15) is 18.0 Å². The summed E-state index contributed by atoms with van der Waals surface area (Å²) < 4.78 is 8.20. The number of carboxylic acids is 1. The van der Waals surface area contributed by atoms with E-state index in [9.17, 15) is 9.90 Å². The van der Waals surface area contributed by atoms with Crippen LogP contribution in [0.4, 0.5) is 5.69 Å². The molecule has 0 bridgehead atoms. The maximum absolute atomic E-state index is 11.7. The van der Waals surface area contributed by atoms with Gasteiger partial charge in [0.2, 0.25) is 0 Å². The second-order valence-electron chi connectivity index (χ2n) is 10.6. The minimum Gasteiger partial charge on any atom is -0.490 e. The molecule has 198 valence electrons. The highest BCUT2D eigenvalue weighted by Crippen LogP contribution is 2.39. The molecule has 5 rings (SSSR count). The molecule has 1 fully saturated rings. The van der Waals surface area contributed by atoms with E-state index >= 15 is 0 Å². The molecule has 1 aliphatic rings. The third kappa shape index (κ3) is 5.50. The average molecular weight is 514 g/mol. The molecule has 3 heterocycles. The number of aromatic nitrogens is 3. The zero-order valence-electron chi connectivity index (χ0n) is 22.3. The highest BCUT2D eigenvalue weighted by Gasteiger charge is 2.30. The van der Waals surface area contributed by atoms with E-state index in [1.807, 2.05) is 42.1 Å².